The molecule has 1 aromatic carbocycles. The van der Waals surface area contributed by atoms with Crippen LogP contribution in [0.3, 0.4) is 0 Å². The molecule has 0 fully saturated rings. The number of carbonyl (C=O) groups is 2. The van der Waals surface area contributed by atoms with Crippen LogP contribution >= 0.6 is 0 Å². The molecule has 5 nitrogen and oxygen atoms in total. The number of rotatable bonds is 5. The molecule has 0 saturated carbocycles. The van der Waals surface area contributed by atoms with Crippen LogP contribution < -0.4 is 10.6 Å². The summed E-state index contributed by atoms with van der Waals surface area (Å²) in [5.74, 6) is -0.510. The molecule has 0 bridgehead atoms. The van der Waals surface area contributed by atoms with E-state index in [1.807, 2.05) is 5.32 Å². The number of benzene rings is 1. The standard InChI is InChI=1S/C15H19F3N2O3/c1-9(19-13(22)23)12(21)20-14(2,3)8-10-4-6-11(7-5-10)15(16,17)18/h4-7,9,19H,8H2,1-3H3,(H,20,21)(H,22,23). The fourth-order valence-electron chi connectivity index (χ4n) is 2.06. The summed E-state index contributed by atoms with van der Waals surface area (Å²) < 4.78 is 37.5. The van der Waals surface area contributed by atoms with Crippen molar-refractivity contribution in [3.8, 4) is 0 Å². The molecular formula is C15H19F3N2O3. The topological polar surface area (TPSA) is 78.4 Å². The quantitative estimate of drug-likeness (QED) is 0.776. The van der Waals surface area contributed by atoms with Crippen LogP contribution in [-0.4, -0.2) is 28.7 Å². The van der Waals surface area contributed by atoms with E-state index in [4.69, 9.17) is 5.11 Å². The van der Waals surface area contributed by atoms with E-state index in [9.17, 15) is 22.8 Å². The largest absolute Gasteiger partial charge is 0.465 e. The van der Waals surface area contributed by atoms with Gasteiger partial charge in [0.1, 0.15) is 6.04 Å². The van der Waals surface area contributed by atoms with Crippen LogP contribution in [0.1, 0.15) is 31.9 Å². The van der Waals surface area contributed by atoms with Gasteiger partial charge in [-0.25, -0.2) is 4.79 Å². The second-order valence-corrected chi connectivity index (χ2v) is 5.92. The zero-order valence-corrected chi connectivity index (χ0v) is 13.0. The van der Waals surface area contributed by atoms with Gasteiger partial charge in [-0.1, -0.05) is 12.1 Å². The van der Waals surface area contributed by atoms with Crippen molar-refractivity contribution >= 4 is 12.0 Å². The number of carbonyl (C=O) groups excluding carboxylic acids is 1. The molecule has 0 aliphatic rings. The Morgan fingerprint density at radius 1 is 1.17 bits per heavy atom. The molecule has 2 amide bonds. The smallest absolute Gasteiger partial charge is 0.416 e. The molecule has 1 atom stereocenters. The average molecular weight is 332 g/mol. The van der Waals surface area contributed by atoms with Crippen molar-refractivity contribution in [1.82, 2.24) is 10.6 Å². The van der Waals surface area contributed by atoms with Crippen molar-refractivity contribution in [2.24, 2.45) is 0 Å². The van der Waals surface area contributed by atoms with E-state index in [0.29, 0.717) is 12.0 Å². The fourth-order valence-corrected chi connectivity index (χ4v) is 2.06. The summed E-state index contributed by atoms with van der Waals surface area (Å²) in [7, 11) is 0. The highest BCUT2D eigenvalue weighted by atomic mass is 19.4. The van der Waals surface area contributed by atoms with Gasteiger partial charge in [0.25, 0.3) is 0 Å². The Bertz CT molecular complexity index is 568. The molecule has 128 valence electrons. The molecule has 0 aliphatic carbocycles. The predicted molar refractivity (Wildman–Crippen MR) is 78.0 cm³/mol. The number of carboxylic acid groups (broad SMARTS) is 1. The van der Waals surface area contributed by atoms with Gasteiger partial charge >= 0.3 is 12.3 Å². The van der Waals surface area contributed by atoms with Crippen molar-refractivity contribution in [2.45, 2.75) is 44.9 Å². The lowest BCUT2D eigenvalue weighted by Gasteiger charge is -2.28. The minimum atomic E-state index is -4.39. The molecule has 23 heavy (non-hydrogen) atoms. The van der Waals surface area contributed by atoms with Crippen LogP contribution in [0.2, 0.25) is 0 Å². The maximum absolute atomic E-state index is 12.5. The molecule has 8 heteroatoms. The molecule has 0 aliphatic heterocycles. The molecule has 1 rings (SSSR count). The number of halogens is 3. The highest BCUT2D eigenvalue weighted by Crippen LogP contribution is 2.29. The average Bonchev–Trinajstić information content (AvgIpc) is 2.36. The van der Waals surface area contributed by atoms with Crippen molar-refractivity contribution in [3.63, 3.8) is 0 Å². The summed E-state index contributed by atoms with van der Waals surface area (Å²) in [6.07, 6.45) is -5.40. The second-order valence-electron chi connectivity index (χ2n) is 5.92. The predicted octanol–water partition coefficient (Wildman–Crippen LogP) is 2.80. The third-order valence-corrected chi connectivity index (χ3v) is 3.12. The van der Waals surface area contributed by atoms with Crippen molar-refractivity contribution < 1.29 is 27.9 Å². The summed E-state index contributed by atoms with van der Waals surface area (Å²) in [6.45, 7) is 4.81. The molecule has 0 aromatic heterocycles. The SMILES string of the molecule is CC(NC(=O)O)C(=O)NC(C)(C)Cc1ccc(C(F)(F)F)cc1. The van der Waals surface area contributed by atoms with Gasteiger partial charge in [0.05, 0.1) is 5.56 Å². The zero-order chi connectivity index (χ0) is 17.8. The lowest BCUT2D eigenvalue weighted by atomic mass is 9.94. The van der Waals surface area contributed by atoms with Gasteiger partial charge in [0, 0.05) is 5.54 Å². The van der Waals surface area contributed by atoms with Crippen LogP contribution in [0.5, 0.6) is 0 Å². The monoisotopic (exact) mass is 332 g/mol. The summed E-state index contributed by atoms with van der Waals surface area (Å²) in [5, 5.41) is 13.3. The Hall–Kier alpha value is -2.25. The number of hydrogen-bond donors (Lipinski definition) is 3. The van der Waals surface area contributed by atoms with E-state index >= 15 is 0 Å². The highest BCUT2D eigenvalue weighted by molar-refractivity contribution is 5.85. The maximum Gasteiger partial charge on any atom is 0.416 e. The normalized spacial score (nSPS) is 13.3. The first-order chi connectivity index (χ1) is 10.4. The number of amides is 2. The van der Waals surface area contributed by atoms with E-state index in [1.165, 1.54) is 19.1 Å². The van der Waals surface area contributed by atoms with E-state index in [-0.39, 0.29) is 0 Å². The first kappa shape index (κ1) is 18.8. The van der Waals surface area contributed by atoms with Crippen LogP contribution in [-0.2, 0) is 17.4 Å². The van der Waals surface area contributed by atoms with Gasteiger partial charge in [0.15, 0.2) is 0 Å². The Balaban J connectivity index is 2.71. The van der Waals surface area contributed by atoms with Gasteiger partial charge in [-0.3, -0.25) is 4.79 Å². The van der Waals surface area contributed by atoms with Gasteiger partial charge < -0.3 is 15.7 Å². The summed E-state index contributed by atoms with van der Waals surface area (Å²) in [5.41, 5.74) is -0.852. The maximum atomic E-state index is 12.5. The van der Waals surface area contributed by atoms with Crippen molar-refractivity contribution in [3.05, 3.63) is 35.4 Å². The third kappa shape index (κ3) is 6.17. The Labute approximate surface area is 131 Å². The fraction of sp³-hybridized carbons (Fsp3) is 0.467. The van der Waals surface area contributed by atoms with E-state index in [1.54, 1.807) is 13.8 Å². The molecule has 0 spiro atoms. The highest BCUT2D eigenvalue weighted by Gasteiger charge is 2.30. The first-order valence-corrected chi connectivity index (χ1v) is 6.88. The van der Waals surface area contributed by atoms with Crippen molar-refractivity contribution in [1.29, 1.82) is 0 Å². The molecule has 0 radical (unpaired) electrons. The molecule has 3 N–H and O–H groups in total. The Morgan fingerprint density at radius 2 is 1.70 bits per heavy atom. The number of hydrogen-bond acceptors (Lipinski definition) is 2. The van der Waals surface area contributed by atoms with Crippen molar-refractivity contribution in [2.75, 3.05) is 0 Å². The van der Waals surface area contributed by atoms with Gasteiger partial charge in [-0.15, -0.1) is 0 Å². The van der Waals surface area contributed by atoms with Gasteiger partial charge in [-0.2, -0.15) is 13.2 Å². The van der Waals surface area contributed by atoms with Crippen LogP contribution in [0.15, 0.2) is 24.3 Å². The van der Waals surface area contributed by atoms with Crippen LogP contribution in [0.25, 0.3) is 0 Å². The zero-order valence-electron chi connectivity index (χ0n) is 13.0. The summed E-state index contributed by atoms with van der Waals surface area (Å²) in [4.78, 5) is 22.4. The molecule has 0 heterocycles. The minimum absolute atomic E-state index is 0.302. The lowest BCUT2D eigenvalue weighted by molar-refractivity contribution is -0.137. The molecular weight excluding hydrogens is 313 g/mol. The molecule has 1 unspecified atom stereocenters. The lowest BCUT2D eigenvalue weighted by Crippen LogP contribution is -2.52. The molecule has 0 saturated heterocycles. The number of nitrogens with one attached hydrogen (secondary N) is 2. The minimum Gasteiger partial charge on any atom is -0.465 e. The Kier molecular flexibility index (Phi) is 5.63. The summed E-state index contributed by atoms with van der Waals surface area (Å²) >= 11 is 0. The van der Waals surface area contributed by atoms with Gasteiger partial charge in [-0.05, 0) is 44.9 Å². The Morgan fingerprint density at radius 3 is 2.13 bits per heavy atom. The van der Waals surface area contributed by atoms with E-state index < -0.39 is 35.3 Å². The van der Waals surface area contributed by atoms with Gasteiger partial charge in [0.2, 0.25) is 5.91 Å². The van der Waals surface area contributed by atoms with E-state index in [0.717, 1.165) is 12.1 Å². The third-order valence-electron chi connectivity index (χ3n) is 3.12. The summed E-state index contributed by atoms with van der Waals surface area (Å²) in [6, 6.07) is 3.76. The second kappa shape index (κ2) is 6.89. The van der Waals surface area contributed by atoms with Crippen LogP contribution in [0, 0.1) is 0 Å². The molecule has 1 aromatic rings. The van der Waals surface area contributed by atoms with Crippen LogP contribution in [0.4, 0.5) is 18.0 Å². The number of alkyl halides is 3. The first-order valence-electron chi connectivity index (χ1n) is 6.88. The van der Waals surface area contributed by atoms with E-state index in [2.05, 4.69) is 5.32 Å².